The Bertz CT molecular complexity index is 235. The zero-order valence-corrected chi connectivity index (χ0v) is 7.61. The van der Waals surface area contributed by atoms with Crippen molar-refractivity contribution in [1.82, 2.24) is 4.98 Å². The molecule has 60 valence electrons. The third-order valence-electron chi connectivity index (χ3n) is 1.11. The number of nitrogens with two attached hydrogens (primary N) is 1. The summed E-state index contributed by atoms with van der Waals surface area (Å²) in [6.45, 7) is 1.77. The molecule has 1 amide bonds. The molecule has 3 nitrogen and oxygen atoms in total. The number of carbonyl (C=O) groups is 1. The molecule has 0 saturated heterocycles. The van der Waals surface area contributed by atoms with Gasteiger partial charge in [-0.2, -0.15) is 0 Å². The van der Waals surface area contributed by atoms with Crippen LogP contribution in [0.4, 0.5) is 0 Å². The zero-order valence-electron chi connectivity index (χ0n) is 5.98. The van der Waals surface area contributed by atoms with E-state index in [-0.39, 0.29) is 11.2 Å². The molecule has 0 radical (unpaired) electrons. The maximum Gasteiger partial charge on any atom is 0.230 e. The summed E-state index contributed by atoms with van der Waals surface area (Å²) in [5.74, 6) is -0.303. The molecule has 11 heavy (non-hydrogen) atoms. The second-order valence-corrected chi connectivity index (χ2v) is 4.07. The van der Waals surface area contributed by atoms with Crippen LogP contribution in [0.1, 0.15) is 6.92 Å². The Hall–Kier alpha value is -0.550. The lowest BCUT2D eigenvalue weighted by Gasteiger charge is -2.02. The topological polar surface area (TPSA) is 56.0 Å². The quantitative estimate of drug-likeness (QED) is 0.723. The predicted octanol–water partition coefficient (Wildman–Crippen LogP) is 1.11. The van der Waals surface area contributed by atoms with Crippen molar-refractivity contribution in [2.45, 2.75) is 17.2 Å². The maximum absolute atomic E-state index is 10.6. The lowest BCUT2D eigenvalue weighted by molar-refractivity contribution is -0.117. The number of hydrogen-bond donors (Lipinski definition) is 1. The first-order valence-corrected chi connectivity index (χ1v) is 4.86. The van der Waals surface area contributed by atoms with Crippen LogP contribution in [0.3, 0.4) is 0 Å². The Morgan fingerprint density at radius 2 is 2.64 bits per heavy atom. The van der Waals surface area contributed by atoms with Crippen molar-refractivity contribution in [2.24, 2.45) is 5.73 Å². The average molecular weight is 188 g/mol. The van der Waals surface area contributed by atoms with E-state index in [2.05, 4.69) is 4.98 Å². The van der Waals surface area contributed by atoms with Crippen LogP contribution in [0, 0.1) is 0 Å². The molecular formula is C6H8N2OS2. The molecule has 1 atom stereocenters. The number of carbonyl (C=O) groups excluding carboxylic acids is 1. The molecule has 1 aromatic heterocycles. The van der Waals surface area contributed by atoms with Gasteiger partial charge >= 0.3 is 0 Å². The normalized spacial score (nSPS) is 12.8. The zero-order chi connectivity index (χ0) is 8.27. The number of nitrogens with zero attached hydrogens (tertiary/aromatic N) is 1. The van der Waals surface area contributed by atoms with Gasteiger partial charge in [0, 0.05) is 5.38 Å². The van der Waals surface area contributed by atoms with Gasteiger partial charge in [-0.1, -0.05) is 11.8 Å². The van der Waals surface area contributed by atoms with Crippen molar-refractivity contribution in [3.8, 4) is 0 Å². The largest absolute Gasteiger partial charge is 0.369 e. The highest BCUT2D eigenvalue weighted by molar-refractivity contribution is 8.00. The van der Waals surface area contributed by atoms with Gasteiger partial charge in [-0.15, -0.1) is 11.3 Å². The predicted molar refractivity (Wildman–Crippen MR) is 46.6 cm³/mol. The number of rotatable bonds is 3. The van der Waals surface area contributed by atoms with Crippen molar-refractivity contribution in [3.05, 3.63) is 10.9 Å². The van der Waals surface area contributed by atoms with Crippen LogP contribution in [-0.2, 0) is 4.79 Å². The number of thiazole rings is 1. The highest BCUT2D eigenvalue weighted by Crippen LogP contribution is 2.21. The first-order valence-electron chi connectivity index (χ1n) is 3.04. The summed E-state index contributed by atoms with van der Waals surface area (Å²) in [5, 5.41) is 2.56. The second kappa shape index (κ2) is 3.73. The number of aromatic nitrogens is 1. The molecule has 1 rings (SSSR count). The summed E-state index contributed by atoms with van der Waals surface area (Å²) in [6, 6.07) is 0. The fourth-order valence-corrected chi connectivity index (χ4v) is 1.96. The van der Waals surface area contributed by atoms with Gasteiger partial charge in [0.05, 0.1) is 10.8 Å². The summed E-state index contributed by atoms with van der Waals surface area (Å²) in [4.78, 5) is 14.6. The Morgan fingerprint density at radius 3 is 3.09 bits per heavy atom. The minimum absolute atomic E-state index is 0.197. The van der Waals surface area contributed by atoms with Crippen molar-refractivity contribution >= 4 is 29.0 Å². The molecule has 1 unspecified atom stereocenters. The van der Waals surface area contributed by atoms with E-state index in [1.807, 2.05) is 5.38 Å². The number of primary amides is 1. The van der Waals surface area contributed by atoms with Gasteiger partial charge in [0.15, 0.2) is 0 Å². The SMILES string of the molecule is CC(Sc1cscn1)C(N)=O. The first-order chi connectivity index (χ1) is 5.20. The Balaban J connectivity index is 2.50. The standard InChI is InChI=1S/C6H8N2OS2/c1-4(6(7)9)11-5-2-10-3-8-5/h2-4H,1H3,(H2,7,9). The molecular weight excluding hydrogens is 180 g/mol. The highest BCUT2D eigenvalue weighted by Gasteiger charge is 2.10. The van der Waals surface area contributed by atoms with E-state index in [1.165, 1.54) is 23.1 Å². The van der Waals surface area contributed by atoms with Crippen LogP contribution in [0.25, 0.3) is 0 Å². The monoisotopic (exact) mass is 188 g/mol. The summed E-state index contributed by atoms with van der Waals surface area (Å²) in [6.07, 6.45) is 0. The lowest BCUT2D eigenvalue weighted by atomic mass is 10.5. The summed E-state index contributed by atoms with van der Waals surface area (Å²) < 4.78 is 0. The van der Waals surface area contributed by atoms with Crippen LogP contribution in [0.2, 0.25) is 0 Å². The minimum atomic E-state index is -0.303. The molecule has 1 aromatic rings. The van der Waals surface area contributed by atoms with Crippen molar-refractivity contribution in [2.75, 3.05) is 0 Å². The molecule has 0 bridgehead atoms. The van der Waals surface area contributed by atoms with Crippen LogP contribution in [0.5, 0.6) is 0 Å². The van der Waals surface area contributed by atoms with E-state index in [0.29, 0.717) is 0 Å². The number of thioether (sulfide) groups is 1. The Kier molecular flexibility index (Phi) is 2.90. The third kappa shape index (κ3) is 2.51. The van der Waals surface area contributed by atoms with E-state index >= 15 is 0 Å². The van der Waals surface area contributed by atoms with Gasteiger partial charge in [0.2, 0.25) is 5.91 Å². The van der Waals surface area contributed by atoms with Gasteiger partial charge in [-0.05, 0) is 6.92 Å². The summed E-state index contributed by atoms with van der Waals surface area (Å²) >= 11 is 2.89. The lowest BCUT2D eigenvalue weighted by Crippen LogP contribution is -2.22. The number of hydrogen-bond acceptors (Lipinski definition) is 4. The van der Waals surface area contributed by atoms with E-state index in [0.717, 1.165) is 5.03 Å². The molecule has 0 spiro atoms. The summed E-state index contributed by atoms with van der Waals surface area (Å²) in [7, 11) is 0. The molecule has 0 aliphatic heterocycles. The van der Waals surface area contributed by atoms with Crippen molar-refractivity contribution < 1.29 is 4.79 Å². The van der Waals surface area contributed by atoms with Gasteiger partial charge in [0.25, 0.3) is 0 Å². The molecule has 0 aliphatic carbocycles. The average Bonchev–Trinajstić information content (AvgIpc) is 2.39. The van der Waals surface area contributed by atoms with Gasteiger partial charge < -0.3 is 5.73 Å². The molecule has 1 heterocycles. The van der Waals surface area contributed by atoms with Gasteiger partial charge in [-0.3, -0.25) is 4.79 Å². The van der Waals surface area contributed by atoms with Crippen LogP contribution in [-0.4, -0.2) is 16.1 Å². The second-order valence-electron chi connectivity index (χ2n) is 1.99. The highest BCUT2D eigenvalue weighted by atomic mass is 32.2. The molecule has 0 aliphatic rings. The van der Waals surface area contributed by atoms with Gasteiger partial charge in [-0.25, -0.2) is 4.98 Å². The third-order valence-corrected chi connectivity index (χ3v) is 2.89. The number of amides is 1. The van der Waals surface area contributed by atoms with E-state index < -0.39 is 0 Å². The minimum Gasteiger partial charge on any atom is -0.369 e. The molecule has 5 heteroatoms. The maximum atomic E-state index is 10.6. The summed E-state index contributed by atoms with van der Waals surface area (Å²) in [5.41, 5.74) is 6.80. The molecule has 0 saturated carbocycles. The Labute approximate surface area is 73.0 Å². The Morgan fingerprint density at radius 1 is 1.91 bits per heavy atom. The van der Waals surface area contributed by atoms with Crippen LogP contribution < -0.4 is 5.73 Å². The van der Waals surface area contributed by atoms with Crippen LogP contribution in [0.15, 0.2) is 15.9 Å². The van der Waals surface area contributed by atoms with E-state index in [9.17, 15) is 4.79 Å². The smallest absolute Gasteiger partial charge is 0.230 e. The van der Waals surface area contributed by atoms with E-state index in [1.54, 1.807) is 12.4 Å². The molecule has 0 fully saturated rings. The fraction of sp³-hybridized carbons (Fsp3) is 0.333. The van der Waals surface area contributed by atoms with Crippen molar-refractivity contribution in [3.63, 3.8) is 0 Å². The fourth-order valence-electron chi connectivity index (χ4n) is 0.499. The van der Waals surface area contributed by atoms with E-state index in [4.69, 9.17) is 5.73 Å². The van der Waals surface area contributed by atoms with Crippen LogP contribution >= 0.6 is 23.1 Å². The van der Waals surface area contributed by atoms with Crippen molar-refractivity contribution in [1.29, 1.82) is 0 Å². The molecule has 2 N–H and O–H groups in total. The van der Waals surface area contributed by atoms with Gasteiger partial charge in [0.1, 0.15) is 5.03 Å². The molecule has 0 aromatic carbocycles. The first kappa shape index (κ1) is 8.55.